The predicted octanol–water partition coefficient (Wildman–Crippen LogP) is 7.85. The van der Waals surface area contributed by atoms with Crippen LogP contribution in [0.25, 0.3) is 11.1 Å². The fraction of sp³-hybridized carbons (Fsp3) is 0.674. The summed E-state index contributed by atoms with van der Waals surface area (Å²) in [7, 11) is 0. The molecule has 3 unspecified atom stereocenters. The summed E-state index contributed by atoms with van der Waals surface area (Å²) in [5.74, 6) is 0.125. The van der Waals surface area contributed by atoms with Crippen LogP contribution in [0.1, 0.15) is 113 Å². The summed E-state index contributed by atoms with van der Waals surface area (Å²) in [6.45, 7) is 18.9. The highest BCUT2D eigenvalue weighted by molar-refractivity contribution is 5.99. The first-order valence-corrected chi connectivity index (χ1v) is 20.3. The topological polar surface area (TPSA) is 74.4 Å². The summed E-state index contributed by atoms with van der Waals surface area (Å²) in [4.78, 5) is 35.1. The number of carbonyl (C=O) groups excluding carboxylic acids is 2. The van der Waals surface area contributed by atoms with Gasteiger partial charge in [0.2, 0.25) is 5.91 Å². The van der Waals surface area contributed by atoms with Gasteiger partial charge >= 0.3 is 0 Å². The number of nitrogens with zero attached hydrogens (tertiary/aromatic N) is 3. The van der Waals surface area contributed by atoms with E-state index < -0.39 is 0 Å². The molecule has 0 bridgehead atoms. The van der Waals surface area contributed by atoms with Crippen LogP contribution in [0, 0.1) is 18.8 Å². The zero-order chi connectivity index (χ0) is 36.2. The first-order valence-electron chi connectivity index (χ1n) is 20.3. The minimum Gasteiger partial charge on any atom is -0.381 e. The SMILES string of the molecule is CCCCCCCCCN1C(=O)C(CNC(=O)c2cc(-c3ccc(CN4CCOCC4)cc3)cc(N(CC)C3CCOCC3)c2C)C(C)CC1C. The number of ether oxygens (including phenoxy) is 2. The van der Waals surface area contributed by atoms with Gasteiger partial charge in [0.05, 0.1) is 19.1 Å². The van der Waals surface area contributed by atoms with Crippen molar-refractivity contribution in [3.8, 4) is 11.1 Å². The van der Waals surface area contributed by atoms with E-state index in [0.717, 1.165) is 107 Å². The van der Waals surface area contributed by atoms with Gasteiger partial charge in [0.1, 0.15) is 0 Å². The molecule has 3 aliphatic rings. The second-order valence-electron chi connectivity index (χ2n) is 15.4. The average molecular weight is 703 g/mol. The molecule has 2 aromatic rings. The molecule has 0 spiro atoms. The Morgan fingerprint density at radius 1 is 0.882 bits per heavy atom. The maximum absolute atomic E-state index is 14.2. The molecule has 2 aromatic carbocycles. The normalized spacial score (nSPS) is 21.9. The maximum Gasteiger partial charge on any atom is 0.251 e. The molecular weight excluding hydrogens is 636 g/mol. The van der Waals surface area contributed by atoms with E-state index in [2.05, 4.69) is 91.0 Å². The minimum absolute atomic E-state index is 0.0974. The number of anilines is 1. The van der Waals surface area contributed by atoms with Crippen LogP contribution in [-0.4, -0.2) is 92.8 Å². The largest absolute Gasteiger partial charge is 0.381 e. The molecule has 5 rings (SSSR count). The molecule has 3 atom stereocenters. The van der Waals surface area contributed by atoms with Crippen molar-refractivity contribution in [2.75, 3.05) is 64.1 Å². The summed E-state index contributed by atoms with van der Waals surface area (Å²) in [5.41, 5.74) is 6.22. The standard InChI is InChI=1S/C43H66N4O4/c1-6-8-9-10-11-12-13-20-47-33(4)27-32(3)40(43(47)49)30-44-42(48)39-28-37(29-41(34(39)5)46(7-2)38-18-23-50-24-19-38)36-16-14-35(15-17-36)31-45-21-25-51-26-22-45/h14-17,28-29,32-33,38,40H,6-13,18-27,30-31H2,1-5H3,(H,44,48). The molecule has 51 heavy (non-hydrogen) atoms. The first-order chi connectivity index (χ1) is 24.8. The Morgan fingerprint density at radius 3 is 2.24 bits per heavy atom. The van der Waals surface area contributed by atoms with Gasteiger partial charge in [0.25, 0.3) is 5.91 Å². The number of carbonyl (C=O) groups is 2. The third-order valence-corrected chi connectivity index (χ3v) is 11.7. The van der Waals surface area contributed by atoms with Crippen LogP contribution in [0.15, 0.2) is 36.4 Å². The van der Waals surface area contributed by atoms with E-state index in [1.807, 2.05) is 0 Å². The van der Waals surface area contributed by atoms with Gasteiger partial charge in [-0.15, -0.1) is 0 Å². The molecule has 0 radical (unpaired) electrons. The monoisotopic (exact) mass is 703 g/mol. The highest BCUT2D eigenvalue weighted by Crippen LogP contribution is 2.35. The summed E-state index contributed by atoms with van der Waals surface area (Å²) in [6.07, 6.45) is 11.6. The van der Waals surface area contributed by atoms with E-state index in [1.165, 1.54) is 44.1 Å². The number of amides is 2. The van der Waals surface area contributed by atoms with Crippen LogP contribution in [0.5, 0.6) is 0 Å². The van der Waals surface area contributed by atoms with Gasteiger partial charge in [0, 0.05) is 75.8 Å². The fourth-order valence-corrected chi connectivity index (χ4v) is 8.50. The molecule has 1 N–H and O–H groups in total. The fourth-order valence-electron chi connectivity index (χ4n) is 8.50. The van der Waals surface area contributed by atoms with Crippen molar-refractivity contribution in [3.05, 3.63) is 53.1 Å². The third kappa shape index (κ3) is 10.6. The van der Waals surface area contributed by atoms with Gasteiger partial charge in [0.15, 0.2) is 0 Å². The lowest BCUT2D eigenvalue weighted by Crippen LogP contribution is -2.53. The van der Waals surface area contributed by atoms with Gasteiger partial charge in [-0.05, 0) is 86.8 Å². The number of benzene rings is 2. The molecule has 8 heteroatoms. The Bertz CT molecular complexity index is 1390. The number of likely N-dealkylation sites (tertiary alicyclic amines) is 1. The number of hydrogen-bond acceptors (Lipinski definition) is 6. The van der Waals surface area contributed by atoms with E-state index in [9.17, 15) is 9.59 Å². The first kappa shape index (κ1) is 39.3. The Kier molecular flexibility index (Phi) is 15.2. The van der Waals surface area contributed by atoms with Crippen molar-refractivity contribution in [1.82, 2.24) is 15.1 Å². The van der Waals surface area contributed by atoms with Gasteiger partial charge in [-0.1, -0.05) is 76.6 Å². The van der Waals surface area contributed by atoms with E-state index in [1.54, 1.807) is 0 Å². The summed E-state index contributed by atoms with van der Waals surface area (Å²) in [6, 6.07) is 13.8. The highest BCUT2D eigenvalue weighted by atomic mass is 16.5. The van der Waals surface area contributed by atoms with E-state index >= 15 is 0 Å². The van der Waals surface area contributed by atoms with E-state index in [4.69, 9.17) is 9.47 Å². The summed E-state index contributed by atoms with van der Waals surface area (Å²) in [5, 5.41) is 3.26. The Labute approximate surface area is 308 Å². The molecule has 282 valence electrons. The van der Waals surface area contributed by atoms with Gasteiger partial charge < -0.3 is 24.6 Å². The van der Waals surface area contributed by atoms with Crippen molar-refractivity contribution in [1.29, 1.82) is 0 Å². The average Bonchev–Trinajstić information content (AvgIpc) is 3.14. The Morgan fingerprint density at radius 2 is 1.55 bits per heavy atom. The smallest absolute Gasteiger partial charge is 0.251 e. The molecule has 2 amide bonds. The van der Waals surface area contributed by atoms with Crippen molar-refractivity contribution in [2.45, 2.75) is 117 Å². The highest BCUT2D eigenvalue weighted by Gasteiger charge is 2.38. The minimum atomic E-state index is -0.203. The van der Waals surface area contributed by atoms with Crippen LogP contribution in [0.2, 0.25) is 0 Å². The zero-order valence-electron chi connectivity index (χ0n) is 32.4. The van der Waals surface area contributed by atoms with Crippen molar-refractivity contribution >= 4 is 17.5 Å². The molecule has 3 fully saturated rings. The molecule has 3 heterocycles. The third-order valence-electron chi connectivity index (χ3n) is 11.7. The van der Waals surface area contributed by atoms with Crippen LogP contribution in [0.3, 0.4) is 0 Å². The number of rotatable bonds is 17. The Balaban J connectivity index is 1.32. The quantitative estimate of drug-likeness (QED) is 0.169. The predicted molar refractivity (Wildman–Crippen MR) is 208 cm³/mol. The Hall–Kier alpha value is -2.94. The number of hydrogen-bond donors (Lipinski definition) is 1. The number of piperidine rings is 1. The zero-order valence-corrected chi connectivity index (χ0v) is 32.4. The molecule has 3 saturated heterocycles. The lowest BCUT2D eigenvalue weighted by molar-refractivity contribution is -0.144. The van der Waals surface area contributed by atoms with Crippen LogP contribution in [0.4, 0.5) is 5.69 Å². The van der Waals surface area contributed by atoms with Crippen molar-refractivity contribution in [3.63, 3.8) is 0 Å². The van der Waals surface area contributed by atoms with Crippen molar-refractivity contribution in [2.24, 2.45) is 11.8 Å². The lowest BCUT2D eigenvalue weighted by Gasteiger charge is -2.41. The van der Waals surface area contributed by atoms with E-state index in [-0.39, 0.29) is 29.7 Å². The number of nitrogens with one attached hydrogen (secondary N) is 1. The summed E-state index contributed by atoms with van der Waals surface area (Å²) >= 11 is 0. The van der Waals surface area contributed by atoms with E-state index in [0.29, 0.717) is 18.2 Å². The van der Waals surface area contributed by atoms with Gasteiger partial charge in [-0.3, -0.25) is 14.5 Å². The maximum atomic E-state index is 14.2. The second-order valence-corrected chi connectivity index (χ2v) is 15.4. The van der Waals surface area contributed by atoms with Crippen LogP contribution >= 0.6 is 0 Å². The lowest BCUT2D eigenvalue weighted by atomic mass is 9.82. The van der Waals surface area contributed by atoms with Crippen molar-refractivity contribution < 1.29 is 19.1 Å². The molecule has 8 nitrogen and oxygen atoms in total. The molecule has 0 aliphatic carbocycles. The molecule has 0 saturated carbocycles. The summed E-state index contributed by atoms with van der Waals surface area (Å²) < 4.78 is 11.3. The van der Waals surface area contributed by atoms with Gasteiger partial charge in [-0.2, -0.15) is 0 Å². The second kappa shape index (κ2) is 19.8. The van der Waals surface area contributed by atoms with Gasteiger partial charge in [-0.25, -0.2) is 0 Å². The molecule has 0 aromatic heterocycles. The number of morpholine rings is 1. The molecular formula is C43H66N4O4. The molecule has 3 aliphatic heterocycles. The van der Waals surface area contributed by atoms with Crippen LogP contribution in [-0.2, 0) is 20.8 Å². The van der Waals surface area contributed by atoms with Crippen LogP contribution < -0.4 is 10.2 Å². The number of unbranched alkanes of at least 4 members (excludes halogenated alkanes) is 6.